The van der Waals surface area contributed by atoms with Crippen LogP contribution in [0.3, 0.4) is 0 Å². The normalized spacial score (nSPS) is 13.2. The molecule has 2 nitrogen and oxygen atoms in total. The Labute approximate surface area is 334 Å². The number of hydrogen-bond donors (Lipinski definition) is 1. The molecule has 0 spiro atoms. The predicted molar refractivity (Wildman–Crippen MR) is 248 cm³/mol. The molecule has 4 heteroatoms. The molecule has 0 aliphatic rings. The molecule has 2 N–H and O–H groups in total. The van der Waals surface area contributed by atoms with Crippen molar-refractivity contribution in [3.8, 4) is 0 Å². The van der Waals surface area contributed by atoms with Gasteiger partial charge >= 0.3 is 0 Å². The van der Waals surface area contributed by atoms with Gasteiger partial charge in [-0.1, -0.05) is 125 Å². The minimum atomic E-state index is -1.55. The average Bonchev–Trinajstić information content (AvgIpc) is 3.23. The third-order valence-corrected chi connectivity index (χ3v) is 21.6. The highest BCUT2D eigenvalue weighted by molar-refractivity contribution is 7.90. The molecule has 54 heavy (non-hydrogen) atoms. The number of nitrogens with zero attached hydrogens (tertiary/aromatic N) is 1. The van der Waals surface area contributed by atoms with Crippen LogP contribution in [0.2, 0.25) is 0 Å². The van der Waals surface area contributed by atoms with E-state index in [0.717, 1.165) is 13.0 Å². The van der Waals surface area contributed by atoms with Gasteiger partial charge in [0.1, 0.15) is 0 Å². The Kier molecular flexibility index (Phi) is 20.6. The fourth-order valence-corrected chi connectivity index (χ4v) is 18.1. The number of nitrogens with two attached hydrogens (primary N) is 1. The molecule has 1 atom stereocenters. The topological polar surface area (TPSA) is 26.0 Å². The van der Waals surface area contributed by atoms with Crippen molar-refractivity contribution >= 4 is 35.7 Å². The van der Waals surface area contributed by atoms with Crippen LogP contribution in [-0.4, -0.2) is 62.4 Å². The molecule has 0 aliphatic carbocycles. The van der Waals surface area contributed by atoms with Crippen LogP contribution in [0.25, 0.3) is 0 Å². The number of unbranched alkanes of at least 4 members (excludes halogenated alkanes) is 10. The zero-order valence-electron chi connectivity index (χ0n) is 34.7. The fourth-order valence-electron chi connectivity index (χ4n) is 8.88. The second-order valence-electron chi connectivity index (χ2n) is 16.3. The number of benzene rings is 4. The highest BCUT2D eigenvalue weighted by atomic mass is 31.2. The molecule has 0 heterocycles. The predicted octanol–water partition coefficient (Wildman–Crippen LogP) is 11.6. The summed E-state index contributed by atoms with van der Waals surface area (Å²) in [5.41, 5.74) is 5.88. The van der Waals surface area contributed by atoms with Crippen molar-refractivity contribution in [2.75, 3.05) is 57.9 Å². The Balaban J connectivity index is 1.38. The van der Waals surface area contributed by atoms with E-state index in [1.54, 1.807) is 21.2 Å². The minimum absolute atomic E-state index is 0.824. The minimum Gasteiger partial charge on any atom is -0.330 e. The quantitative estimate of drug-likeness (QED) is 0.0332. The molecule has 0 amide bonds. The summed E-state index contributed by atoms with van der Waals surface area (Å²) < 4.78 is 1.22. The molecular formula is C50H77N2P2+3. The monoisotopic (exact) mass is 768 g/mol. The Hall–Kier alpha value is -2.34. The van der Waals surface area contributed by atoms with Crippen LogP contribution in [0.1, 0.15) is 110 Å². The number of rotatable bonds is 29. The Bertz CT molecular complexity index is 1410. The van der Waals surface area contributed by atoms with Gasteiger partial charge in [-0.3, -0.25) is 0 Å². The van der Waals surface area contributed by atoms with Gasteiger partial charge in [0.25, 0.3) is 0 Å². The van der Waals surface area contributed by atoms with Crippen molar-refractivity contribution in [3.05, 3.63) is 121 Å². The Morgan fingerprint density at radius 3 is 1.04 bits per heavy atom. The van der Waals surface area contributed by atoms with E-state index >= 15 is 0 Å². The van der Waals surface area contributed by atoms with Crippen molar-refractivity contribution < 1.29 is 4.48 Å². The van der Waals surface area contributed by atoms with Crippen LogP contribution in [-0.2, 0) is 0 Å². The van der Waals surface area contributed by atoms with E-state index in [9.17, 15) is 0 Å². The molecule has 0 bridgehead atoms. The molecule has 0 radical (unpaired) electrons. The lowest BCUT2D eigenvalue weighted by molar-refractivity contribution is -0.910. The van der Waals surface area contributed by atoms with Gasteiger partial charge < -0.3 is 10.2 Å². The van der Waals surface area contributed by atoms with Gasteiger partial charge in [-0.2, -0.15) is 0 Å². The van der Waals surface area contributed by atoms with E-state index in [-0.39, 0.29) is 0 Å². The van der Waals surface area contributed by atoms with Crippen LogP contribution in [0, 0.1) is 0 Å². The lowest BCUT2D eigenvalue weighted by atomic mass is 10.1. The van der Waals surface area contributed by atoms with Crippen LogP contribution >= 0.6 is 14.5 Å². The summed E-state index contributed by atoms with van der Waals surface area (Å²) in [6.07, 6.45) is 25.2. The zero-order valence-corrected chi connectivity index (χ0v) is 36.5. The summed E-state index contributed by atoms with van der Waals surface area (Å²) in [5, 5.41) is 6.43. The maximum absolute atomic E-state index is 5.88. The second kappa shape index (κ2) is 25.0. The highest BCUT2D eigenvalue weighted by Crippen LogP contribution is 2.60. The number of quaternary nitrogens is 1. The standard InChI is InChI=1S/C50H77N2P2/c1-4-6-40-52(3,42-30-39-51)41-26-12-10-8-9-11-13-27-44-54(49-35-22-16-23-36-49,50-37-24-17-25-38-50)46-29-28-45-53(43-7-5-2,47-31-18-14-19-32-47)48-33-20-15-21-34-48/h14-25,31-38H,4-13,26-30,39-46,51H2,1-3H3/q+3. The lowest BCUT2D eigenvalue weighted by Crippen LogP contribution is -2.46. The first-order valence-electron chi connectivity index (χ1n) is 22.0. The second-order valence-corrected chi connectivity index (χ2v) is 24.1. The van der Waals surface area contributed by atoms with Gasteiger partial charge in [-0.25, -0.2) is 0 Å². The molecular weight excluding hydrogens is 691 g/mol. The largest absolute Gasteiger partial charge is 0.330 e. The first-order chi connectivity index (χ1) is 26.5. The lowest BCUT2D eigenvalue weighted by Gasteiger charge is -2.35. The summed E-state index contributed by atoms with van der Waals surface area (Å²) in [5.74, 6) is 0. The molecule has 0 aliphatic heterocycles. The van der Waals surface area contributed by atoms with Crippen molar-refractivity contribution in [1.82, 2.24) is 0 Å². The summed E-state index contributed by atoms with van der Waals surface area (Å²) in [7, 11) is -0.578. The van der Waals surface area contributed by atoms with Crippen molar-refractivity contribution in [3.63, 3.8) is 0 Å². The molecule has 0 fully saturated rings. The first-order valence-corrected chi connectivity index (χ1v) is 26.3. The van der Waals surface area contributed by atoms with Crippen LogP contribution < -0.4 is 27.0 Å². The van der Waals surface area contributed by atoms with Gasteiger partial charge in [-0.15, -0.1) is 0 Å². The third kappa shape index (κ3) is 13.7. The van der Waals surface area contributed by atoms with E-state index in [1.807, 2.05) is 0 Å². The van der Waals surface area contributed by atoms with E-state index < -0.39 is 14.5 Å². The van der Waals surface area contributed by atoms with Gasteiger partial charge in [0.05, 0.1) is 87.1 Å². The van der Waals surface area contributed by atoms with Crippen LogP contribution in [0.5, 0.6) is 0 Å². The van der Waals surface area contributed by atoms with Crippen molar-refractivity contribution in [1.29, 1.82) is 0 Å². The third-order valence-electron chi connectivity index (χ3n) is 12.2. The van der Waals surface area contributed by atoms with Gasteiger partial charge in [-0.05, 0) is 106 Å². The highest BCUT2D eigenvalue weighted by Gasteiger charge is 2.44. The summed E-state index contributed by atoms with van der Waals surface area (Å²) >= 11 is 0. The van der Waals surface area contributed by atoms with Crippen LogP contribution in [0.4, 0.5) is 0 Å². The summed E-state index contributed by atoms with van der Waals surface area (Å²) in [6, 6.07) is 46.7. The molecule has 4 aromatic rings. The van der Waals surface area contributed by atoms with E-state index in [4.69, 9.17) is 5.73 Å². The van der Waals surface area contributed by atoms with E-state index in [2.05, 4.69) is 142 Å². The molecule has 4 rings (SSSR count). The Morgan fingerprint density at radius 2 is 0.667 bits per heavy atom. The molecule has 1 unspecified atom stereocenters. The zero-order chi connectivity index (χ0) is 38.2. The van der Waals surface area contributed by atoms with Crippen molar-refractivity contribution in [2.45, 2.75) is 110 Å². The fraction of sp³-hybridized carbons (Fsp3) is 0.520. The van der Waals surface area contributed by atoms with E-state index in [1.165, 1.54) is 139 Å². The molecule has 4 aromatic carbocycles. The maximum atomic E-state index is 5.88. The van der Waals surface area contributed by atoms with Gasteiger partial charge in [0, 0.05) is 6.42 Å². The molecule has 294 valence electrons. The number of hydrogen-bond acceptors (Lipinski definition) is 1. The van der Waals surface area contributed by atoms with Crippen molar-refractivity contribution in [2.24, 2.45) is 5.73 Å². The SMILES string of the molecule is CCCC[N+](C)(CCCN)CCCCCCCCCC[P+](CCCC[P+](CCCC)(c1ccccc1)c1ccccc1)(c1ccccc1)c1ccccc1. The molecule has 0 saturated carbocycles. The average molecular weight is 768 g/mol. The van der Waals surface area contributed by atoms with Crippen LogP contribution in [0.15, 0.2) is 121 Å². The smallest absolute Gasteiger partial charge is 0.0991 e. The summed E-state index contributed by atoms with van der Waals surface area (Å²) in [6.45, 7) is 9.39. The van der Waals surface area contributed by atoms with Gasteiger partial charge in [0.2, 0.25) is 0 Å². The Morgan fingerprint density at radius 1 is 0.370 bits per heavy atom. The molecule has 0 saturated heterocycles. The summed E-state index contributed by atoms with van der Waals surface area (Å²) in [4.78, 5) is 0. The first kappa shape index (κ1) is 44.4. The van der Waals surface area contributed by atoms with Gasteiger partial charge in [0.15, 0.2) is 0 Å². The van der Waals surface area contributed by atoms with E-state index in [0.29, 0.717) is 0 Å². The molecule has 0 aromatic heterocycles. The maximum Gasteiger partial charge on any atom is 0.0991 e.